The summed E-state index contributed by atoms with van der Waals surface area (Å²) in [5, 5.41) is 9.90. The molecule has 0 radical (unpaired) electrons. The number of aromatic nitrogens is 3. The molecule has 0 saturated heterocycles. The number of Topliss-reactive ketones (excluding diaryl/α,β-unsaturated/α-hetero) is 1. The number of H-pyrrole nitrogens is 1. The summed E-state index contributed by atoms with van der Waals surface area (Å²) in [5.41, 5.74) is 0.463. The van der Waals surface area contributed by atoms with Crippen molar-refractivity contribution < 1.29 is 4.79 Å². The fourth-order valence-corrected chi connectivity index (χ4v) is 1.65. The van der Waals surface area contributed by atoms with Crippen molar-refractivity contribution in [2.75, 3.05) is 0 Å². The zero-order chi connectivity index (χ0) is 11.1. The summed E-state index contributed by atoms with van der Waals surface area (Å²) in [6.07, 6.45) is 6.68. The lowest BCUT2D eigenvalue weighted by molar-refractivity contribution is 0.0952. The van der Waals surface area contributed by atoms with Crippen LogP contribution in [0.15, 0.2) is 6.20 Å². The van der Waals surface area contributed by atoms with Gasteiger partial charge in [0.15, 0.2) is 5.78 Å². The van der Waals surface area contributed by atoms with Gasteiger partial charge in [0.05, 0.1) is 6.20 Å². The van der Waals surface area contributed by atoms with E-state index in [4.69, 9.17) is 0 Å². The minimum absolute atomic E-state index is 0.103. The summed E-state index contributed by atoms with van der Waals surface area (Å²) in [6, 6.07) is 0. The van der Waals surface area contributed by atoms with Gasteiger partial charge in [0.1, 0.15) is 5.69 Å². The third-order valence-corrected chi connectivity index (χ3v) is 2.72. The molecular formula is C11H19N3O. The Labute approximate surface area is 90.5 Å². The van der Waals surface area contributed by atoms with Crippen LogP contribution in [0.25, 0.3) is 0 Å². The maximum Gasteiger partial charge on any atom is 0.184 e. The quantitative estimate of drug-likeness (QED) is 0.702. The number of carbonyl (C=O) groups excluding carboxylic acids is 1. The first-order valence-corrected chi connectivity index (χ1v) is 5.66. The molecule has 0 aliphatic rings. The average Bonchev–Trinajstić information content (AvgIpc) is 2.77. The lowest BCUT2D eigenvalue weighted by Gasteiger charge is -2.11. The molecule has 1 rings (SSSR count). The number of unbranched alkanes of at least 4 members (excludes halogenated alkanes) is 1. The van der Waals surface area contributed by atoms with Gasteiger partial charge in [-0.15, -0.1) is 0 Å². The summed E-state index contributed by atoms with van der Waals surface area (Å²) in [4.78, 5) is 11.7. The van der Waals surface area contributed by atoms with Crippen LogP contribution in [0.5, 0.6) is 0 Å². The van der Waals surface area contributed by atoms with Gasteiger partial charge in [-0.25, -0.2) is 0 Å². The number of hydrogen-bond acceptors (Lipinski definition) is 3. The van der Waals surface area contributed by atoms with Crippen LogP contribution in [0, 0.1) is 5.92 Å². The fraction of sp³-hybridized carbons (Fsp3) is 0.727. The number of nitrogens with zero attached hydrogens (tertiary/aromatic N) is 2. The lowest BCUT2D eigenvalue weighted by atomic mass is 9.93. The molecule has 0 bridgehead atoms. The van der Waals surface area contributed by atoms with Gasteiger partial charge in [0.25, 0.3) is 0 Å². The highest BCUT2D eigenvalue weighted by atomic mass is 16.1. The topological polar surface area (TPSA) is 58.6 Å². The van der Waals surface area contributed by atoms with Crippen LogP contribution in [0.1, 0.15) is 56.4 Å². The van der Waals surface area contributed by atoms with Crippen molar-refractivity contribution in [1.82, 2.24) is 15.4 Å². The Morgan fingerprint density at radius 1 is 1.53 bits per heavy atom. The molecule has 0 aromatic carbocycles. The first kappa shape index (κ1) is 11.9. The highest BCUT2D eigenvalue weighted by Crippen LogP contribution is 2.18. The Hall–Kier alpha value is -1.19. The van der Waals surface area contributed by atoms with Crippen molar-refractivity contribution in [3.8, 4) is 0 Å². The molecule has 15 heavy (non-hydrogen) atoms. The smallest absolute Gasteiger partial charge is 0.184 e. The third-order valence-electron chi connectivity index (χ3n) is 2.72. The van der Waals surface area contributed by atoms with Gasteiger partial charge in [-0.1, -0.05) is 39.5 Å². The maximum absolute atomic E-state index is 11.7. The van der Waals surface area contributed by atoms with Gasteiger partial charge in [-0.3, -0.25) is 4.79 Å². The van der Waals surface area contributed by atoms with Crippen LogP contribution in [-0.2, 0) is 0 Å². The van der Waals surface area contributed by atoms with Crippen molar-refractivity contribution in [2.45, 2.75) is 46.0 Å². The third kappa shape index (κ3) is 3.81. The van der Waals surface area contributed by atoms with E-state index in [0.29, 0.717) is 18.0 Å². The Kier molecular flexibility index (Phi) is 5.01. The molecular weight excluding hydrogens is 190 g/mol. The Balaban J connectivity index is 2.41. The van der Waals surface area contributed by atoms with Crippen molar-refractivity contribution >= 4 is 5.78 Å². The summed E-state index contributed by atoms with van der Waals surface area (Å²) < 4.78 is 0. The molecule has 0 saturated carbocycles. The molecule has 0 aliphatic heterocycles. The second kappa shape index (κ2) is 6.32. The number of carbonyl (C=O) groups is 1. The summed E-state index contributed by atoms with van der Waals surface area (Å²) >= 11 is 0. The molecule has 0 spiro atoms. The number of aromatic amines is 1. The van der Waals surface area contributed by atoms with Crippen LogP contribution < -0.4 is 0 Å². The molecule has 0 fully saturated rings. The number of hydrogen-bond donors (Lipinski definition) is 1. The summed E-state index contributed by atoms with van der Waals surface area (Å²) in [7, 11) is 0. The molecule has 0 amide bonds. The molecule has 4 nitrogen and oxygen atoms in total. The predicted molar refractivity (Wildman–Crippen MR) is 58.6 cm³/mol. The highest BCUT2D eigenvalue weighted by Gasteiger charge is 2.15. The molecule has 1 heterocycles. The number of nitrogens with one attached hydrogen (secondary N) is 1. The van der Waals surface area contributed by atoms with E-state index in [1.54, 1.807) is 0 Å². The summed E-state index contributed by atoms with van der Waals surface area (Å²) in [6.45, 7) is 4.31. The van der Waals surface area contributed by atoms with Gasteiger partial charge in [0.2, 0.25) is 0 Å². The van der Waals surface area contributed by atoms with E-state index in [1.807, 2.05) is 0 Å². The number of rotatable bonds is 7. The Morgan fingerprint density at radius 2 is 2.33 bits per heavy atom. The van der Waals surface area contributed by atoms with Gasteiger partial charge in [-0.05, 0) is 5.92 Å². The standard InChI is InChI=1S/C11H19N3O/c1-3-5-6-9(4-2)7-11(15)10-8-12-14-13-10/h8-9H,3-7H2,1-2H3,(H,12,13,14). The first-order chi connectivity index (χ1) is 7.27. The van der Waals surface area contributed by atoms with Crippen LogP contribution in [0.2, 0.25) is 0 Å². The minimum Gasteiger partial charge on any atom is -0.292 e. The molecule has 1 unspecified atom stereocenters. The van der Waals surface area contributed by atoms with Gasteiger partial charge in [0, 0.05) is 6.42 Å². The number of ketones is 1. The molecule has 1 N–H and O–H groups in total. The molecule has 84 valence electrons. The Bertz CT molecular complexity index is 282. The normalized spacial score (nSPS) is 12.7. The molecule has 1 atom stereocenters. The SMILES string of the molecule is CCCCC(CC)CC(=O)c1cn[nH]n1. The van der Waals surface area contributed by atoms with E-state index in [0.717, 1.165) is 12.8 Å². The zero-order valence-electron chi connectivity index (χ0n) is 9.49. The van der Waals surface area contributed by atoms with Gasteiger partial charge < -0.3 is 0 Å². The van der Waals surface area contributed by atoms with Gasteiger partial charge in [-0.2, -0.15) is 15.4 Å². The zero-order valence-corrected chi connectivity index (χ0v) is 9.49. The monoisotopic (exact) mass is 209 g/mol. The first-order valence-electron chi connectivity index (χ1n) is 5.66. The predicted octanol–water partition coefficient (Wildman–Crippen LogP) is 2.59. The van der Waals surface area contributed by atoms with Crippen molar-refractivity contribution in [2.24, 2.45) is 5.92 Å². The van der Waals surface area contributed by atoms with Crippen molar-refractivity contribution in [1.29, 1.82) is 0 Å². The van der Waals surface area contributed by atoms with Crippen molar-refractivity contribution in [3.05, 3.63) is 11.9 Å². The van der Waals surface area contributed by atoms with Crippen LogP contribution in [0.4, 0.5) is 0 Å². The maximum atomic E-state index is 11.7. The van der Waals surface area contributed by atoms with Crippen LogP contribution >= 0.6 is 0 Å². The Morgan fingerprint density at radius 3 is 2.87 bits per heavy atom. The molecule has 1 aromatic rings. The second-order valence-electron chi connectivity index (χ2n) is 3.90. The minimum atomic E-state index is 0.103. The molecule has 0 aliphatic carbocycles. The van der Waals surface area contributed by atoms with E-state index in [-0.39, 0.29) is 5.78 Å². The fourth-order valence-electron chi connectivity index (χ4n) is 1.65. The lowest BCUT2D eigenvalue weighted by Crippen LogP contribution is -2.08. The van der Waals surface area contributed by atoms with Gasteiger partial charge >= 0.3 is 0 Å². The molecule has 4 heteroatoms. The van der Waals surface area contributed by atoms with E-state index >= 15 is 0 Å². The van der Waals surface area contributed by atoms with E-state index in [2.05, 4.69) is 29.3 Å². The highest BCUT2D eigenvalue weighted by molar-refractivity contribution is 5.93. The van der Waals surface area contributed by atoms with Crippen LogP contribution in [-0.4, -0.2) is 21.2 Å². The largest absolute Gasteiger partial charge is 0.292 e. The van der Waals surface area contributed by atoms with Crippen molar-refractivity contribution in [3.63, 3.8) is 0 Å². The van der Waals surface area contributed by atoms with E-state index in [9.17, 15) is 4.79 Å². The second-order valence-corrected chi connectivity index (χ2v) is 3.90. The van der Waals surface area contributed by atoms with E-state index < -0.39 is 0 Å². The van der Waals surface area contributed by atoms with E-state index in [1.165, 1.54) is 19.0 Å². The van der Waals surface area contributed by atoms with Crippen LogP contribution in [0.3, 0.4) is 0 Å². The molecule has 1 aromatic heterocycles. The summed E-state index contributed by atoms with van der Waals surface area (Å²) in [5.74, 6) is 0.598. The average molecular weight is 209 g/mol.